The minimum absolute atomic E-state index is 0.128. The van der Waals surface area contributed by atoms with Gasteiger partial charge >= 0.3 is 5.97 Å². The number of benzene rings is 1. The molecular weight excluding hydrogens is 426 g/mol. The molecule has 0 saturated carbocycles. The lowest BCUT2D eigenvalue weighted by Crippen LogP contribution is -2.25. The van der Waals surface area contributed by atoms with Crippen LogP contribution >= 0.6 is 0 Å². The Labute approximate surface area is 205 Å². The Hall–Kier alpha value is -2.50. The van der Waals surface area contributed by atoms with Gasteiger partial charge in [0.15, 0.2) is 0 Å². The molecule has 1 aromatic heterocycles. The van der Waals surface area contributed by atoms with Crippen molar-refractivity contribution in [3.8, 4) is 5.75 Å². The topological polar surface area (TPSA) is 56.6 Å². The van der Waals surface area contributed by atoms with Gasteiger partial charge in [-0.3, -0.25) is 4.79 Å². The van der Waals surface area contributed by atoms with Crippen molar-refractivity contribution in [2.75, 3.05) is 31.2 Å². The molecular formula is C28H43N3O3. The number of unbranched alkanes of at least 4 members (excludes halogenated alkanes) is 7. The highest BCUT2D eigenvalue weighted by atomic mass is 16.5. The molecule has 0 N–H and O–H groups in total. The number of hydrogen-bond acceptors (Lipinski definition) is 5. The highest BCUT2D eigenvalue weighted by Gasteiger charge is 2.29. The Kier molecular flexibility index (Phi) is 11.3. The Bertz CT molecular complexity index is 837. The van der Waals surface area contributed by atoms with Gasteiger partial charge in [-0.25, -0.2) is 4.98 Å². The molecule has 1 unspecified atom stereocenters. The number of esters is 1. The third-order valence-corrected chi connectivity index (χ3v) is 6.67. The predicted octanol–water partition coefficient (Wildman–Crippen LogP) is 6.35. The standard InChI is InChI=1S/C28H43N3O3/c1-3-5-6-7-8-9-10-11-20-34-25-12-13-27-26(21-25)24(14-17-30-19-16-29-23-30)22-31(27)18-15-28(32)33-4-2/h12-13,16,19,21,23-24H,3-11,14-15,17-18,20,22H2,1-2H3. The van der Waals surface area contributed by atoms with Gasteiger partial charge < -0.3 is 18.9 Å². The normalized spacial score (nSPS) is 14.9. The van der Waals surface area contributed by atoms with Crippen LogP contribution in [0.25, 0.3) is 0 Å². The number of ether oxygens (including phenoxy) is 2. The number of hydrogen-bond donors (Lipinski definition) is 0. The molecule has 6 nitrogen and oxygen atoms in total. The van der Waals surface area contributed by atoms with E-state index in [1.54, 1.807) is 0 Å². The largest absolute Gasteiger partial charge is 0.494 e. The van der Waals surface area contributed by atoms with Crippen molar-refractivity contribution in [1.82, 2.24) is 9.55 Å². The summed E-state index contributed by atoms with van der Waals surface area (Å²) in [5.41, 5.74) is 2.55. The van der Waals surface area contributed by atoms with Crippen LogP contribution in [0.15, 0.2) is 36.9 Å². The van der Waals surface area contributed by atoms with Crippen LogP contribution in [0.4, 0.5) is 5.69 Å². The summed E-state index contributed by atoms with van der Waals surface area (Å²) in [6.45, 7) is 7.86. The summed E-state index contributed by atoms with van der Waals surface area (Å²) in [5.74, 6) is 1.24. The van der Waals surface area contributed by atoms with Gasteiger partial charge in [0.05, 0.1) is 26.0 Å². The van der Waals surface area contributed by atoms with Crippen LogP contribution < -0.4 is 9.64 Å². The van der Waals surface area contributed by atoms with Gasteiger partial charge in [-0.1, -0.05) is 51.9 Å². The summed E-state index contributed by atoms with van der Waals surface area (Å²) in [6.07, 6.45) is 17.6. The monoisotopic (exact) mass is 469 g/mol. The Morgan fingerprint density at radius 3 is 2.59 bits per heavy atom. The smallest absolute Gasteiger partial charge is 0.307 e. The van der Waals surface area contributed by atoms with Gasteiger partial charge in [-0.05, 0) is 43.5 Å². The van der Waals surface area contributed by atoms with E-state index < -0.39 is 0 Å². The molecule has 2 aromatic rings. The van der Waals surface area contributed by atoms with Gasteiger partial charge in [0.25, 0.3) is 0 Å². The third-order valence-electron chi connectivity index (χ3n) is 6.67. The molecule has 0 spiro atoms. The minimum atomic E-state index is -0.128. The number of rotatable bonds is 17. The maximum Gasteiger partial charge on any atom is 0.307 e. The van der Waals surface area contributed by atoms with Crippen molar-refractivity contribution in [3.05, 3.63) is 42.5 Å². The van der Waals surface area contributed by atoms with Gasteiger partial charge in [0, 0.05) is 43.6 Å². The second-order valence-electron chi connectivity index (χ2n) is 9.33. The number of nitrogens with zero attached hydrogens (tertiary/aromatic N) is 3. The zero-order chi connectivity index (χ0) is 24.0. The van der Waals surface area contributed by atoms with E-state index in [0.29, 0.717) is 25.5 Å². The third kappa shape index (κ3) is 8.37. The minimum Gasteiger partial charge on any atom is -0.494 e. The zero-order valence-electron chi connectivity index (χ0n) is 21.2. The lowest BCUT2D eigenvalue weighted by atomic mass is 9.97. The summed E-state index contributed by atoms with van der Waals surface area (Å²) in [5, 5.41) is 0. The first kappa shape index (κ1) is 26.1. The second-order valence-corrected chi connectivity index (χ2v) is 9.33. The van der Waals surface area contributed by atoms with Crippen molar-refractivity contribution in [3.63, 3.8) is 0 Å². The van der Waals surface area contributed by atoms with Crippen molar-refractivity contribution in [2.24, 2.45) is 0 Å². The first-order valence-electron chi connectivity index (χ1n) is 13.3. The maximum absolute atomic E-state index is 11.9. The molecule has 0 amide bonds. The van der Waals surface area contributed by atoms with Crippen LogP contribution in [-0.4, -0.2) is 41.8 Å². The number of aromatic nitrogens is 2. The number of aryl methyl sites for hydroxylation is 1. The molecule has 188 valence electrons. The summed E-state index contributed by atoms with van der Waals surface area (Å²) >= 11 is 0. The second kappa shape index (κ2) is 14.7. The van der Waals surface area contributed by atoms with E-state index in [2.05, 4.69) is 39.6 Å². The van der Waals surface area contributed by atoms with E-state index in [9.17, 15) is 4.79 Å². The molecule has 0 bridgehead atoms. The molecule has 6 heteroatoms. The van der Waals surface area contributed by atoms with Crippen LogP contribution in [0, 0.1) is 0 Å². The van der Waals surface area contributed by atoms with Crippen molar-refractivity contribution in [2.45, 2.75) is 90.5 Å². The van der Waals surface area contributed by atoms with E-state index in [4.69, 9.17) is 9.47 Å². The number of imidazole rings is 1. The van der Waals surface area contributed by atoms with Crippen molar-refractivity contribution < 1.29 is 14.3 Å². The van der Waals surface area contributed by atoms with E-state index in [1.807, 2.05) is 25.6 Å². The van der Waals surface area contributed by atoms with Gasteiger partial charge in [-0.2, -0.15) is 0 Å². The highest BCUT2D eigenvalue weighted by molar-refractivity contribution is 5.71. The molecule has 1 atom stereocenters. The number of carbonyl (C=O) groups is 1. The van der Waals surface area contributed by atoms with E-state index in [-0.39, 0.29) is 5.97 Å². The SMILES string of the molecule is CCCCCCCCCCOc1ccc2c(c1)C(CCn1ccnc1)CN2CCC(=O)OCC. The lowest BCUT2D eigenvalue weighted by molar-refractivity contribution is -0.142. The average Bonchev–Trinajstić information content (AvgIpc) is 3.48. The quantitative estimate of drug-likeness (QED) is 0.200. The van der Waals surface area contributed by atoms with Gasteiger partial charge in [0.2, 0.25) is 0 Å². The van der Waals surface area contributed by atoms with Crippen LogP contribution in [0.1, 0.15) is 89.5 Å². The van der Waals surface area contributed by atoms with Crippen molar-refractivity contribution >= 4 is 11.7 Å². The zero-order valence-corrected chi connectivity index (χ0v) is 21.2. The highest BCUT2D eigenvalue weighted by Crippen LogP contribution is 2.40. The average molecular weight is 470 g/mol. The predicted molar refractivity (Wildman–Crippen MR) is 138 cm³/mol. The Balaban J connectivity index is 1.52. The molecule has 1 aromatic carbocycles. The van der Waals surface area contributed by atoms with Crippen LogP contribution in [0.3, 0.4) is 0 Å². The van der Waals surface area contributed by atoms with Crippen LogP contribution in [0.2, 0.25) is 0 Å². The number of anilines is 1. The fourth-order valence-electron chi connectivity index (χ4n) is 4.77. The summed E-state index contributed by atoms with van der Waals surface area (Å²) in [6, 6.07) is 6.48. The molecule has 1 aliphatic heterocycles. The maximum atomic E-state index is 11.9. The molecule has 34 heavy (non-hydrogen) atoms. The molecule has 0 radical (unpaired) electrons. The van der Waals surface area contributed by atoms with E-state index >= 15 is 0 Å². The molecule has 3 rings (SSSR count). The molecule has 0 saturated heterocycles. The lowest BCUT2D eigenvalue weighted by Gasteiger charge is -2.19. The molecule has 2 heterocycles. The molecule has 0 aliphatic carbocycles. The van der Waals surface area contributed by atoms with Crippen LogP contribution in [0.5, 0.6) is 5.75 Å². The van der Waals surface area contributed by atoms with Gasteiger partial charge in [0.1, 0.15) is 5.75 Å². The Morgan fingerprint density at radius 1 is 1.06 bits per heavy atom. The first-order valence-corrected chi connectivity index (χ1v) is 13.3. The summed E-state index contributed by atoms with van der Waals surface area (Å²) in [7, 11) is 0. The summed E-state index contributed by atoms with van der Waals surface area (Å²) < 4.78 is 13.4. The fourth-order valence-corrected chi connectivity index (χ4v) is 4.77. The van der Waals surface area contributed by atoms with Crippen molar-refractivity contribution in [1.29, 1.82) is 0 Å². The molecule has 0 fully saturated rings. The Morgan fingerprint density at radius 2 is 1.85 bits per heavy atom. The fraction of sp³-hybridized carbons (Fsp3) is 0.643. The first-order chi connectivity index (χ1) is 16.7. The van der Waals surface area contributed by atoms with Crippen LogP contribution in [-0.2, 0) is 16.1 Å². The molecule has 1 aliphatic rings. The number of carbonyl (C=O) groups excluding carboxylic acids is 1. The van der Waals surface area contributed by atoms with E-state index in [0.717, 1.165) is 38.3 Å². The van der Waals surface area contributed by atoms with Gasteiger partial charge in [-0.15, -0.1) is 0 Å². The van der Waals surface area contributed by atoms with E-state index in [1.165, 1.54) is 56.2 Å². The number of fused-ring (bicyclic) bond motifs is 1. The summed E-state index contributed by atoms with van der Waals surface area (Å²) in [4.78, 5) is 18.4.